The number of nitrogens with two attached hydrogens (primary N) is 1. The molecule has 2 N–H and O–H groups in total. The molecule has 1 aliphatic carbocycles. The first-order valence-electron chi connectivity index (χ1n) is 15.5. The van der Waals surface area contributed by atoms with Crippen LogP contribution in [0.2, 0.25) is 0 Å². The minimum atomic E-state index is -0.202. The van der Waals surface area contributed by atoms with Crippen LogP contribution in [0.15, 0.2) is 145 Å². The fourth-order valence-corrected chi connectivity index (χ4v) is 6.94. The summed E-state index contributed by atoms with van der Waals surface area (Å²) in [5.41, 5.74) is 20.0. The van der Waals surface area contributed by atoms with Gasteiger partial charge < -0.3 is 10.3 Å². The van der Waals surface area contributed by atoms with E-state index < -0.39 is 0 Å². The summed E-state index contributed by atoms with van der Waals surface area (Å²) in [6.07, 6.45) is 0. The van der Waals surface area contributed by atoms with Crippen LogP contribution in [-0.4, -0.2) is 11.3 Å². The molecule has 0 fully saturated rings. The Morgan fingerprint density at radius 2 is 1.26 bits per heavy atom. The molecular formula is C42H39N3S. The summed E-state index contributed by atoms with van der Waals surface area (Å²) < 4.78 is 2.32. The molecule has 1 atom stereocenters. The molecule has 6 aromatic carbocycles. The van der Waals surface area contributed by atoms with Gasteiger partial charge >= 0.3 is 0 Å². The second-order valence-electron chi connectivity index (χ2n) is 12.3. The minimum Gasteiger partial charge on any atom is -0.344 e. The van der Waals surface area contributed by atoms with E-state index in [0.29, 0.717) is 0 Å². The van der Waals surface area contributed by atoms with Crippen LogP contribution in [0.25, 0.3) is 44.1 Å². The fraction of sp³-hybridized carbons (Fsp3) is 0.119. The van der Waals surface area contributed by atoms with Gasteiger partial charge in [-0.05, 0) is 75.5 Å². The van der Waals surface area contributed by atoms with E-state index in [9.17, 15) is 0 Å². The fourth-order valence-electron chi connectivity index (χ4n) is 6.94. The van der Waals surface area contributed by atoms with E-state index in [-0.39, 0.29) is 25.0 Å². The van der Waals surface area contributed by atoms with Crippen LogP contribution in [0.4, 0.5) is 5.69 Å². The molecule has 7 aromatic rings. The van der Waals surface area contributed by atoms with E-state index >= 15 is 0 Å². The van der Waals surface area contributed by atoms with Crippen LogP contribution in [0.5, 0.6) is 0 Å². The van der Waals surface area contributed by atoms with Crippen molar-refractivity contribution in [3.05, 3.63) is 162 Å². The molecule has 0 amide bonds. The van der Waals surface area contributed by atoms with Crippen molar-refractivity contribution in [3.63, 3.8) is 0 Å². The molecule has 0 saturated carbocycles. The monoisotopic (exact) mass is 617 g/mol. The highest BCUT2D eigenvalue weighted by Gasteiger charge is 2.35. The zero-order valence-corrected chi connectivity index (χ0v) is 27.5. The molecule has 0 bridgehead atoms. The van der Waals surface area contributed by atoms with Crippen LogP contribution >= 0.6 is 13.5 Å². The van der Waals surface area contributed by atoms with Crippen LogP contribution < -0.4 is 5.73 Å². The van der Waals surface area contributed by atoms with Gasteiger partial charge in [0.15, 0.2) is 0 Å². The molecular weight excluding hydrogens is 579 g/mol. The van der Waals surface area contributed by atoms with Crippen LogP contribution in [-0.2, 0) is 12.5 Å². The van der Waals surface area contributed by atoms with E-state index in [2.05, 4.69) is 134 Å². The minimum absolute atomic E-state index is 0. The Bertz CT molecular complexity index is 2180. The van der Waals surface area contributed by atoms with Gasteiger partial charge in [0, 0.05) is 34.3 Å². The SMILES string of the molecule is C=Nc1ccccc1C(N)c1ccc(-c2ccccc2)cc1.Cn1c2ccccc2c2cc3c(cc21)-c1ccccc1C3(C)C.S. The zero-order chi connectivity index (χ0) is 31.1. The number of nitrogens with zero attached hydrogens (tertiary/aromatic N) is 2. The average Bonchev–Trinajstić information content (AvgIpc) is 3.51. The molecule has 4 heteroatoms. The van der Waals surface area contributed by atoms with Crippen molar-refractivity contribution in [1.82, 2.24) is 4.57 Å². The van der Waals surface area contributed by atoms with Gasteiger partial charge in [0.25, 0.3) is 0 Å². The van der Waals surface area contributed by atoms with Gasteiger partial charge in [0.05, 0.1) is 11.7 Å². The summed E-state index contributed by atoms with van der Waals surface area (Å²) in [5.74, 6) is 0. The van der Waals surface area contributed by atoms with Crippen molar-refractivity contribution in [2.75, 3.05) is 0 Å². The maximum Gasteiger partial charge on any atom is 0.0673 e. The van der Waals surface area contributed by atoms with Crippen molar-refractivity contribution in [1.29, 1.82) is 0 Å². The van der Waals surface area contributed by atoms with Gasteiger partial charge in [0.1, 0.15) is 0 Å². The first kappa shape index (κ1) is 31.1. The summed E-state index contributed by atoms with van der Waals surface area (Å²) in [6, 6.07) is 48.7. The number of rotatable bonds is 4. The molecule has 228 valence electrons. The highest BCUT2D eigenvalue weighted by molar-refractivity contribution is 7.59. The summed E-state index contributed by atoms with van der Waals surface area (Å²) in [6.45, 7) is 8.30. The number of aromatic nitrogens is 1. The Morgan fingerprint density at radius 3 is 2.02 bits per heavy atom. The van der Waals surface area contributed by atoms with Crippen molar-refractivity contribution < 1.29 is 0 Å². The molecule has 46 heavy (non-hydrogen) atoms. The molecule has 0 radical (unpaired) electrons. The Hall–Kier alpha value is -4.90. The Morgan fingerprint density at radius 1 is 0.630 bits per heavy atom. The predicted octanol–water partition coefficient (Wildman–Crippen LogP) is 10.5. The predicted molar refractivity (Wildman–Crippen MR) is 202 cm³/mol. The largest absolute Gasteiger partial charge is 0.344 e. The lowest BCUT2D eigenvalue weighted by Gasteiger charge is -2.21. The molecule has 8 rings (SSSR count). The molecule has 3 nitrogen and oxygen atoms in total. The van der Waals surface area contributed by atoms with E-state index in [0.717, 1.165) is 16.8 Å². The van der Waals surface area contributed by atoms with E-state index in [1.54, 1.807) is 0 Å². The van der Waals surface area contributed by atoms with Gasteiger partial charge in [-0.1, -0.05) is 129 Å². The topological polar surface area (TPSA) is 43.3 Å². The quantitative estimate of drug-likeness (QED) is 0.196. The molecule has 1 unspecified atom stereocenters. The van der Waals surface area contributed by atoms with E-state index in [1.807, 2.05) is 42.5 Å². The summed E-state index contributed by atoms with van der Waals surface area (Å²) in [7, 11) is 2.17. The molecule has 1 aromatic heterocycles. The molecule has 0 aliphatic heterocycles. The third-order valence-electron chi connectivity index (χ3n) is 9.44. The first-order chi connectivity index (χ1) is 21.9. The van der Waals surface area contributed by atoms with Crippen LogP contribution in [0, 0.1) is 0 Å². The number of aryl methyl sites for hydroxylation is 1. The Kier molecular flexibility index (Phi) is 8.43. The Balaban J connectivity index is 0.000000158. The lowest BCUT2D eigenvalue weighted by atomic mass is 9.82. The van der Waals surface area contributed by atoms with Crippen LogP contribution in [0.1, 0.15) is 42.1 Å². The summed E-state index contributed by atoms with van der Waals surface area (Å²) in [4.78, 5) is 4.05. The zero-order valence-electron chi connectivity index (χ0n) is 26.5. The highest BCUT2D eigenvalue weighted by atomic mass is 32.1. The highest BCUT2D eigenvalue weighted by Crippen LogP contribution is 2.50. The van der Waals surface area contributed by atoms with Gasteiger partial charge in [-0.3, -0.25) is 4.99 Å². The van der Waals surface area contributed by atoms with Gasteiger partial charge in [0.2, 0.25) is 0 Å². The maximum absolute atomic E-state index is 6.39. The molecule has 0 saturated heterocycles. The number of hydrogen-bond donors (Lipinski definition) is 1. The van der Waals surface area contributed by atoms with E-state index in [4.69, 9.17) is 5.73 Å². The first-order valence-corrected chi connectivity index (χ1v) is 15.5. The average molecular weight is 618 g/mol. The van der Waals surface area contributed by atoms with Crippen molar-refractivity contribution >= 4 is 47.7 Å². The lowest BCUT2D eigenvalue weighted by Crippen LogP contribution is -2.14. The number of benzene rings is 6. The third-order valence-corrected chi connectivity index (χ3v) is 9.44. The van der Waals surface area contributed by atoms with Crippen LogP contribution in [0.3, 0.4) is 0 Å². The number of hydrogen-bond acceptors (Lipinski definition) is 2. The summed E-state index contributed by atoms with van der Waals surface area (Å²) >= 11 is 0. The second-order valence-corrected chi connectivity index (χ2v) is 12.3. The Labute approximate surface area is 278 Å². The molecule has 1 aliphatic rings. The van der Waals surface area contributed by atoms with Gasteiger partial charge in [-0.2, -0.15) is 13.5 Å². The molecule has 0 spiro atoms. The summed E-state index contributed by atoms with van der Waals surface area (Å²) in [5, 5.41) is 2.71. The van der Waals surface area contributed by atoms with Crippen molar-refractivity contribution in [3.8, 4) is 22.3 Å². The van der Waals surface area contributed by atoms with Crippen molar-refractivity contribution in [2.45, 2.75) is 25.3 Å². The second kappa shape index (κ2) is 12.5. The van der Waals surface area contributed by atoms with Gasteiger partial charge in [-0.25, -0.2) is 0 Å². The molecule has 1 heterocycles. The third kappa shape index (κ3) is 5.24. The number of para-hydroxylation sites is 2. The number of aliphatic imine (C=N–C) groups is 1. The normalized spacial score (nSPS) is 13.2. The smallest absolute Gasteiger partial charge is 0.0673 e. The number of fused-ring (bicyclic) bond motifs is 6. The maximum atomic E-state index is 6.39. The lowest BCUT2D eigenvalue weighted by molar-refractivity contribution is 0.661. The van der Waals surface area contributed by atoms with Gasteiger partial charge in [-0.15, -0.1) is 0 Å². The van der Waals surface area contributed by atoms with E-state index in [1.165, 1.54) is 55.2 Å². The standard InChI is InChI=1S/C22H19N.C20H18N2.H2S/c1-22(2)18-10-6-4-8-14(18)16-13-21-17(12-19(16)22)15-9-5-7-11-20(15)23(21)3;1-22-19-10-6-5-9-18(19)20(21)17-13-11-16(12-14-17)15-7-3-2-4-8-15;/h4-13H,1-3H3;2-14,20H,1,21H2;1H2. The van der Waals surface area contributed by atoms with Crippen molar-refractivity contribution in [2.24, 2.45) is 17.8 Å².